The average Bonchev–Trinajstić information content (AvgIpc) is 3.24. The minimum absolute atomic E-state index is 0.152. The standard InChI is InChI=1S/C17H27FN3O13P3/c1-10-4-3-6-20-13(19)11-5-7-21(12(10)11)15-16(2,23)14(22)17(8-18,32-15)9-31-36(27,28)34-37(29,30)33-35(24,25)26/h3,5-7,10,14-15,22-23H,4,8-9H2,1-2H3,(H2,19,20)(H,27,28)(H,29,30)(H2,24,25,26)/b6-3+/t10?,14-,15+,16+,17+/m0/s1. The van der Waals surface area contributed by atoms with Gasteiger partial charge in [-0.2, -0.15) is 8.62 Å². The van der Waals surface area contributed by atoms with Crippen molar-refractivity contribution in [3.8, 4) is 0 Å². The largest absolute Gasteiger partial charge is 0.490 e. The van der Waals surface area contributed by atoms with Gasteiger partial charge in [0.2, 0.25) is 0 Å². The lowest BCUT2D eigenvalue weighted by atomic mass is 9.88. The molecule has 210 valence electrons. The zero-order chi connectivity index (χ0) is 28.0. The Kier molecular flexibility index (Phi) is 8.47. The molecule has 3 heterocycles. The number of aliphatic hydroxyl groups excluding tert-OH is 1. The number of aliphatic hydroxyl groups is 2. The third kappa shape index (κ3) is 6.48. The van der Waals surface area contributed by atoms with E-state index in [1.54, 1.807) is 12.1 Å². The number of aromatic nitrogens is 1. The van der Waals surface area contributed by atoms with E-state index in [2.05, 4.69) is 18.1 Å². The van der Waals surface area contributed by atoms with E-state index in [9.17, 15) is 38.1 Å². The SMILES string of the molecule is CC1C/C=C/N=C(N)c2ccn([C@@H]3O[C@](CF)(COP(=O)(O)OP(=O)(O)OP(=O)(O)O)[C@@H](O)[C@@]3(C)O)c21. The summed E-state index contributed by atoms with van der Waals surface area (Å²) in [5.74, 6) is -0.0543. The number of ether oxygens (including phenoxy) is 1. The first kappa shape index (κ1) is 30.3. The number of aliphatic imine (C=N–C) groups is 1. The normalized spacial score (nSPS) is 34.5. The Balaban J connectivity index is 1.90. The van der Waals surface area contributed by atoms with Gasteiger partial charge < -0.3 is 44.8 Å². The number of halogens is 1. The molecule has 7 atom stereocenters. The third-order valence-electron chi connectivity index (χ3n) is 5.77. The van der Waals surface area contributed by atoms with Gasteiger partial charge in [0, 0.05) is 29.6 Å². The highest BCUT2D eigenvalue weighted by Gasteiger charge is 2.63. The molecular weight excluding hydrogens is 566 g/mol. The molecule has 2 aliphatic rings. The molecule has 16 nitrogen and oxygen atoms in total. The van der Waals surface area contributed by atoms with E-state index in [-0.39, 0.29) is 11.8 Å². The third-order valence-corrected chi connectivity index (χ3v) is 9.55. The Hall–Kier alpha value is -1.29. The summed E-state index contributed by atoms with van der Waals surface area (Å²) >= 11 is 0. The van der Waals surface area contributed by atoms with E-state index in [1.165, 1.54) is 17.0 Å². The van der Waals surface area contributed by atoms with E-state index in [1.807, 2.05) is 6.92 Å². The van der Waals surface area contributed by atoms with Crippen molar-refractivity contribution in [1.29, 1.82) is 0 Å². The molecule has 20 heteroatoms. The molecule has 1 aromatic rings. The number of phosphoric ester groups is 1. The second-order valence-corrected chi connectivity index (χ2v) is 13.1. The summed E-state index contributed by atoms with van der Waals surface area (Å²) in [6.45, 7) is 0.0757. The summed E-state index contributed by atoms with van der Waals surface area (Å²) in [4.78, 5) is 40.3. The van der Waals surface area contributed by atoms with Gasteiger partial charge in [-0.1, -0.05) is 13.0 Å². The molecule has 3 rings (SSSR count). The monoisotopic (exact) mass is 593 g/mol. The number of nitrogens with zero attached hydrogens (tertiary/aromatic N) is 2. The van der Waals surface area contributed by atoms with Crippen LogP contribution in [-0.4, -0.2) is 70.8 Å². The van der Waals surface area contributed by atoms with Gasteiger partial charge in [0.05, 0.1) is 6.61 Å². The molecule has 1 saturated heterocycles. The second-order valence-electron chi connectivity index (χ2n) is 8.72. The van der Waals surface area contributed by atoms with E-state index in [0.717, 1.165) is 6.92 Å². The predicted molar refractivity (Wildman–Crippen MR) is 123 cm³/mol. The maximum Gasteiger partial charge on any atom is 0.490 e. The number of hydrogen-bond acceptors (Lipinski definition) is 11. The first-order chi connectivity index (χ1) is 16.8. The highest BCUT2D eigenvalue weighted by molar-refractivity contribution is 7.66. The smallest absolute Gasteiger partial charge is 0.387 e. The number of fused-ring (bicyclic) bond motifs is 1. The molecule has 0 saturated carbocycles. The number of phosphoric acid groups is 3. The Morgan fingerprint density at radius 2 is 1.89 bits per heavy atom. The fourth-order valence-electron chi connectivity index (χ4n) is 4.14. The van der Waals surface area contributed by atoms with Crippen molar-refractivity contribution >= 4 is 29.3 Å². The maximum atomic E-state index is 14.3. The second kappa shape index (κ2) is 10.4. The maximum absolute atomic E-state index is 14.3. The van der Waals surface area contributed by atoms with Crippen LogP contribution in [0.3, 0.4) is 0 Å². The molecule has 0 spiro atoms. The number of amidine groups is 1. The van der Waals surface area contributed by atoms with Crippen molar-refractivity contribution in [3.05, 3.63) is 35.8 Å². The molecular formula is C17H27FN3O13P3. The van der Waals surface area contributed by atoms with Crippen molar-refractivity contribution in [3.63, 3.8) is 0 Å². The Labute approximate surface area is 209 Å². The Morgan fingerprint density at radius 3 is 2.49 bits per heavy atom. The molecule has 0 radical (unpaired) electrons. The van der Waals surface area contributed by atoms with Crippen molar-refractivity contribution in [2.24, 2.45) is 10.7 Å². The zero-order valence-electron chi connectivity index (χ0n) is 19.4. The summed E-state index contributed by atoms with van der Waals surface area (Å²) in [5.41, 5.74) is 2.34. The Morgan fingerprint density at radius 1 is 1.24 bits per heavy atom. The van der Waals surface area contributed by atoms with E-state index in [0.29, 0.717) is 17.7 Å². The summed E-state index contributed by atoms with van der Waals surface area (Å²) in [5, 5.41) is 22.0. The molecule has 8 N–H and O–H groups in total. The summed E-state index contributed by atoms with van der Waals surface area (Å²) in [6.07, 6.45) is 1.70. The van der Waals surface area contributed by atoms with Crippen molar-refractivity contribution in [2.75, 3.05) is 13.3 Å². The lowest BCUT2D eigenvalue weighted by Crippen LogP contribution is -2.53. The number of rotatable bonds is 9. The topological polar surface area (TPSA) is 253 Å². The van der Waals surface area contributed by atoms with Crippen molar-refractivity contribution in [1.82, 2.24) is 4.57 Å². The van der Waals surface area contributed by atoms with Gasteiger partial charge >= 0.3 is 23.5 Å². The number of alkyl halides is 1. The van der Waals surface area contributed by atoms with Crippen LogP contribution in [0.15, 0.2) is 29.5 Å². The highest BCUT2D eigenvalue weighted by atomic mass is 31.3. The molecule has 0 aliphatic carbocycles. The van der Waals surface area contributed by atoms with Crippen molar-refractivity contribution in [2.45, 2.75) is 49.7 Å². The molecule has 0 aromatic carbocycles. The molecule has 0 amide bonds. The molecule has 3 unspecified atom stereocenters. The van der Waals surface area contributed by atoms with E-state index < -0.39 is 60.3 Å². The summed E-state index contributed by atoms with van der Waals surface area (Å²) in [7, 11) is -17.1. The van der Waals surface area contributed by atoms with Gasteiger partial charge in [-0.25, -0.2) is 23.1 Å². The lowest BCUT2D eigenvalue weighted by Gasteiger charge is -2.31. The fourth-order valence-corrected chi connectivity index (χ4v) is 7.22. The van der Waals surface area contributed by atoms with Gasteiger partial charge in [-0.15, -0.1) is 0 Å². The average molecular weight is 593 g/mol. The first-order valence-corrected chi connectivity index (χ1v) is 15.0. The minimum Gasteiger partial charge on any atom is -0.387 e. The number of nitrogens with two attached hydrogens (primary N) is 1. The van der Waals surface area contributed by atoms with Crippen LogP contribution in [0.1, 0.15) is 43.7 Å². The van der Waals surface area contributed by atoms with Gasteiger partial charge in [-0.05, 0) is 19.4 Å². The number of hydrogen-bond donors (Lipinski definition) is 7. The van der Waals surface area contributed by atoms with Gasteiger partial charge in [0.1, 0.15) is 24.2 Å². The van der Waals surface area contributed by atoms with Crippen LogP contribution in [0.5, 0.6) is 0 Å². The van der Waals surface area contributed by atoms with Crippen LogP contribution < -0.4 is 5.73 Å². The van der Waals surface area contributed by atoms with Crippen LogP contribution in [0.2, 0.25) is 0 Å². The van der Waals surface area contributed by atoms with E-state index in [4.69, 9.17) is 20.3 Å². The van der Waals surface area contributed by atoms with Gasteiger partial charge in [0.15, 0.2) is 11.8 Å². The molecule has 2 aliphatic heterocycles. The molecule has 1 aromatic heterocycles. The fraction of sp³-hybridized carbons (Fsp3) is 0.588. The van der Waals surface area contributed by atoms with Gasteiger partial charge in [0.25, 0.3) is 0 Å². The quantitative estimate of drug-likeness (QED) is 0.197. The predicted octanol–water partition coefficient (Wildman–Crippen LogP) is 0.907. The molecule has 37 heavy (non-hydrogen) atoms. The van der Waals surface area contributed by atoms with Crippen LogP contribution in [0.4, 0.5) is 4.39 Å². The van der Waals surface area contributed by atoms with E-state index >= 15 is 0 Å². The van der Waals surface area contributed by atoms with Crippen LogP contribution in [0.25, 0.3) is 0 Å². The minimum atomic E-state index is -5.83. The van der Waals surface area contributed by atoms with Crippen LogP contribution in [0, 0.1) is 0 Å². The zero-order valence-corrected chi connectivity index (χ0v) is 22.1. The van der Waals surface area contributed by atoms with Crippen LogP contribution in [-0.2, 0) is 31.6 Å². The van der Waals surface area contributed by atoms with Crippen LogP contribution >= 0.6 is 23.5 Å². The van der Waals surface area contributed by atoms with Crippen molar-refractivity contribution < 1.29 is 65.8 Å². The number of allylic oxidation sites excluding steroid dienone is 1. The van der Waals surface area contributed by atoms with Gasteiger partial charge in [-0.3, -0.25) is 4.52 Å². The highest BCUT2D eigenvalue weighted by Crippen LogP contribution is 2.66. The first-order valence-electron chi connectivity index (χ1n) is 10.5. The summed E-state index contributed by atoms with van der Waals surface area (Å²) < 4.78 is 67.6. The molecule has 1 fully saturated rings. The molecule has 0 bridgehead atoms. The summed E-state index contributed by atoms with van der Waals surface area (Å²) in [6, 6.07) is 1.58. The lowest BCUT2D eigenvalue weighted by molar-refractivity contribution is -0.137. The Bertz CT molecular complexity index is 1230.